The maximum absolute atomic E-state index is 5.91. The minimum atomic E-state index is 0.245. The molecule has 2 N–H and O–H groups in total. The Kier molecular flexibility index (Phi) is 4.02. The van der Waals surface area contributed by atoms with Crippen LogP contribution in [0.5, 0.6) is 0 Å². The zero-order valence-electron chi connectivity index (χ0n) is 12.9. The van der Waals surface area contributed by atoms with Gasteiger partial charge in [0.2, 0.25) is 0 Å². The monoisotopic (exact) mass is 272 g/mol. The maximum Gasteiger partial charge on any atom is 0.0398 e. The van der Waals surface area contributed by atoms with Crippen molar-refractivity contribution in [2.45, 2.75) is 64.5 Å². The largest absolute Gasteiger partial charge is 0.368 e. The second-order valence-electron chi connectivity index (χ2n) is 6.90. The third-order valence-corrected chi connectivity index (χ3v) is 5.12. The van der Waals surface area contributed by atoms with Gasteiger partial charge in [-0.25, -0.2) is 0 Å². The number of hydrogen-bond acceptors (Lipinski definition) is 2. The van der Waals surface area contributed by atoms with E-state index in [4.69, 9.17) is 5.73 Å². The van der Waals surface area contributed by atoms with Crippen molar-refractivity contribution in [3.63, 3.8) is 0 Å². The summed E-state index contributed by atoms with van der Waals surface area (Å²) in [7, 11) is 0. The molecule has 2 aliphatic rings. The van der Waals surface area contributed by atoms with Gasteiger partial charge >= 0.3 is 0 Å². The van der Waals surface area contributed by atoms with Gasteiger partial charge in [0.05, 0.1) is 0 Å². The molecule has 3 atom stereocenters. The van der Waals surface area contributed by atoms with Crippen molar-refractivity contribution >= 4 is 5.69 Å². The van der Waals surface area contributed by atoms with Gasteiger partial charge in [0, 0.05) is 24.3 Å². The van der Waals surface area contributed by atoms with Crippen LogP contribution in [-0.4, -0.2) is 18.6 Å². The summed E-state index contributed by atoms with van der Waals surface area (Å²) in [5.74, 6) is 0.951. The zero-order chi connectivity index (χ0) is 14.1. The standard InChI is InChI=1S/C18H28N2/c1-13-11-15(12-14(2)19)8-9-17(13)20-10-4-6-16-5-3-7-18(16)20/h8-9,11,14,16,18H,3-7,10,12,19H2,1-2H3. The number of fused-ring (bicyclic) bond motifs is 1. The highest BCUT2D eigenvalue weighted by Gasteiger charge is 2.35. The Bertz CT molecular complexity index is 466. The summed E-state index contributed by atoms with van der Waals surface area (Å²) in [5, 5.41) is 0. The molecular weight excluding hydrogens is 244 g/mol. The van der Waals surface area contributed by atoms with E-state index in [0.717, 1.165) is 18.4 Å². The number of benzene rings is 1. The Balaban J connectivity index is 1.82. The molecule has 2 heteroatoms. The van der Waals surface area contributed by atoms with Gasteiger partial charge in [0.1, 0.15) is 0 Å². The van der Waals surface area contributed by atoms with E-state index < -0.39 is 0 Å². The number of nitrogens with zero attached hydrogens (tertiary/aromatic N) is 1. The predicted molar refractivity (Wildman–Crippen MR) is 86.2 cm³/mol. The van der Waals surface area contributed by atoms with Crippen molar-refractivity contribution in [2.24, 2.45) is 11.7 Å². The van der Waals surface area contributed by atoms with Crippen LogP contribution < -0.4 is 10.6 Å². The summed E-state index contributed by atoms with van der Waals surface area (Å²) in [6.07, 6.45) is 8.06. The van der Waals surface area contributed by atoms with Gasteiger partial charge in [-0.2, -0.15) is 0 Å². The van der Waals surface area contributed by atoms with Gasteiger partial charge in [-0.3, -0.25) is 0 Å². The molecule has 0 spiro atoms. The molecule has 3 unspecified atom stereocenters. The summed E-state index contributed by atoms with van der Waals surface area (Å²) in [5.41, 5.74) is 10.2. The first-order valence-corrected chi connectivity index (χ1v) is 8.27. The number of hydrogen-bond donors (Lipinski definition) is 1. The average Bonchev–Trinajstić information content (AvgIpc) is 2.86. The van der Waals surface area contributed by atoms with Gasteiger partial charge in [-0.1, -0.05) is 18.6 Å². The molecule has 1 aromatic rings. The molecule has 0 radical (unpaired) electrons. The zero-order valence-corrected chi connectivity index (χ0v) is 12.9. The normalized spacial score (nSPS) is 27.4. The van der Waals surface area contributed by atoms with Gasteiger partial charge in [-0.15, -0.1) is 0 Å². The number of anilines is 1. The van der Waals surface area contributed by atoms with Gasteiger partial charge in [-0.05, 0) is 69.1 Å². The van der Waals surface area contributed by atoms with Crippen LogP contribution in [-0.2, 0) is 6.42 Å². The van der Waals surface area contributed by atoms with Crippen LogP contribution in [0.25, 0.3) is 0 Å². The van der Waals surface area contributed by atoms with Crippen LogP contribution in [0.2, 0.25) is 0 Å². The Morgan fingerprint density at radius 2 is 2.05 bits per heavy atom. The van der Waals surface area contributed by atoms with E-state index in [0.29, 0.717) is 0 Å². The Hall–Kier alpha value is -1.02. The average molecular weight is 272 g/mol. The van der Waals surface area contributed by atoms with Crippen LogP contribution in [0.1, 0.15) is 50.2 Å². The van der Waals surface area contributed by atoms with E-state index in [1.165, 1.54) is 55.5 Å². The molecule has 20 heavy (non-hydrogen) atoms. The topological polar surface area (TPSA) is 29.3 Å². The van der Waals surface area contributed by atoms with E-state index >= 15 is 0 Å². The molecule has 2 fully saturated rings. The second-order valence-corrected chi connectivity index (χ2v) is 6.90. The van der Waals surface area contributed by atoms with E-state index in [-0.39, 0.29) is 6.04 Å². The highest BCUT2D eigenvalue weighted by Crippen LogP contribution is 2.40. The Morgan fingerprint density at radius 1 is 1.25 bits per heavy atom. The number of nitrogens with two attached hydrogens (primary N) is 1. The van der Waals surface area contributed by atoms with Gasteiger partial charge in [0.15, 0.2) is 0 Å². The lowest BCUT2D eigenvalue weighted by Crippen LogP contribution is -2.43. The summed E-state index contributed by atoms with van der Waals surface area (Å²) in [4.78, 5) is 2.70. The third-order valence-electron chi connectivity index (χ3n) is 5.12. The van der Waals surface area contributed by atoms with Crippen molar-refractivity contribution in [1.29, 1.82) is 0 Å². The summed E-state index contributed by atoms with van der Waals surface area (Å²) in [6, 6.07) is 8.02. The SMILES string of the molecule is Cc1cc(CC(C)N)ccc1N1CCCC2CCCC21. The fourth-order valence-corrected chi connectivity index (χ4v) is 4.29. The molecule has 0 amide bonds. The molecule has 0 bridgehead atoms. The van der Waals surface area contributed by atoms with Crippen molar-refractivity contribution in [2.75, 3.05) is 11.4 Å². The smallest absolute Gasteiger partial charge is 0.0398 e. The second kappa shape index (κ2) is 5.77. The van der Waals surface area contributed by atoms with E-state index in [9.17, 15) is 0 Å². The molecular formula is C18H28N2. The van der Waals surface area contributed by atoms with Crippen LogP contribution in [0, 0.1) is 12.8 Å². The van der Waals surface area contributed by atoms with Crippen molar-refractivity contribution in [3.05, 3.63) is 29.3 Å². The molecule has 110 valence electrons. The number of piperidine rings is 1. The van der Waals surface area contributed by atoms with Crippen LogP contribution >= 0.6 is 0 Å². The first-order valence-electron chi connectivity index (χ1n) is 8.27. The molecule has 3 rings (SSSR count). The van der Waals surface area contributed by atoms with Gasteiger partial charge < -0.3 is 10.6 Å². The Labute approximate surface area is 123 Å². The lowest BCUT2D eigenvalue weighted by atomic mass is 9.90. The van der Waals surface area contributed by atoms with Crippen molar-refractivity contribution in [3.8, 4) is 0 Å². The third kappa shape index (κ3) is 2.71. The van der Waals surface area contributed by atoms with Crippen molar-refractivity contribution < 1.29 is 0 Å². The minimum absolute atomic E-state index is 0.245. The fraction of sp³-hybridized carbons (Fsp3) is 0.667. The summed E-state index contributed by atoms with van der Waals surface area (Å²) < 4.78 is 0. The van der Waals surface area contributed by atoms with Gasteiger partial charge in [0.25, 0.3) is 0 Å². The lowest BCUT2D eigenvalue weighted by molar-refractivity contribution is 0.362. The molecule has 1 aliphatic carbocycles. The van der Waals surface area contributed by atoms with Crippen molar-refractivity contribution in [1.82, 2.24) is 0 Å². The van der Waals surface area contributed by atoms with E-state index in [2.05, 4.69) is 36.9 Å². The molecule has 1 saturated heterocycles. The van der Waals surface area contributed by atoms with Crippen LogP contribution in [0.4, 0.5) is 5.69 Å². The Morgan fingerprint density at radius 3 is 2.80 bits per heavy atom. The number of aryl methyl sites for hydroxylation is 1. The van der Waals surface area contributed by atoms with Crippen LogP contribution in [0.3, 0.4) is 0 Å². The maximum atomic E-state index is 5.91. The lowest BCUT2D eigenvalue weighted by Gasteiger charge is -2.40. The first kappa shape index (κ1) is 13.9. The molecule has 1 aliphatic heterocycles. The van der Waals surface area contributed by atoms with E-state index in [1.54, 1.807) is 0 Å². The summed E-state index contributed by atoms with van der Waals surface area (Å²) >= 11 is 0. The van der Waals surface area contributed by atoms with Crippen LogP contribution in [0.15, 0.2) is 18.2 Å². The first-order chi connectivity index (χ1) is 9.65. The molecule has 1 saturated carbocycles. The molecule has 0 aromatic heterocycles. The highest BCUT2D eigenvalue weighted by atomic mass is 15.2. The highest BCUT2D eigenvalue weighted by molar-refractivity contribution is 5.56. The summed E-state index contributed by atoms with van der Waals surface area (Å²) in [6.45, 7) is 5.59. The minimum Gasteiger partial charge on any atom is -0.368 e. The fourth-order valence-electron chi connectivity index (χ4n) is 4.29. The molecule has 2 nitrogen and oxygen atoms in total. The predicted octanol–water partition coefficient (Wildman–Crippen LogP) is 3.65. The quantitative estimate of drug-likeness (QED) is 0.910. The molecule has 1 aromatic carbocycles. The van der Waals surface area contributed by atoms with E-state index in [1.807, 2.05) is 0 Å². The molecule has 1 heterocycles. The number of rotatable bonds is 3.